The van der Waals surface area contributed by atoms with Gasteiger partial charge in [0.05, 0.1) is 27.2 Å². The monoisotopic (exact) mass is 329 g/mol. The van der Waals surface area contributed by atoms with Crippen LogP contribution in [0, 0.1) is 0 Å². The number of likely N-dealkylation sites (N-methyl/N-ethyl adjacent to an activating group) is 1. The van der Waals surface area contributed by atoms with Crippen molar-refractivity contribution in [3.8, 4) is 17.2 Å². The molecule has 2 aromatic rings. The number of ether oxygens (including phenoxy) is 3. The van der Waals surface area contributed by atoms with Gasteiger partial charge in [0.1, 0.15) is 23.9 Å². The molecule has 2 aromatic carbocycles. The summed E-state index contributed by atoms with van der Waals surface area (Å²) in [5, 5.41) is 0. The van der Waals surface area contributed by atoms with Crippen molar-refractivity contribution in [3.63, 3.8) is 0 Å². The second-order valence-corrected chi connectivity index (χ2v) is 5.33. The largest absolute Gasteiger partial charge is 0.497 e. The van der Waals surface area contributed by atoms with E-state index in [9.17, 15) is 4.79 Å². The zero-order valence-corrected chi connectivity index (χ0v) is 14.3. The van der Waals surface area contributed by atoms with E-state index in [1.54, 1.807) is 32.2 Å². The highest BCUT2D eigenvalue weighted by Gasteiger charge is 2.14. The fraction of sp³-hybridized carbons (Fsp3) is 0.316. The second-order valence-electron chi connectivity index (χ2n) is 5.33. The van der Waals surface area contributed by atoms with Crippen LogP contribution in [0.15, 0.2) is 48.5 Å². The van der Waals surface area contributed by atoms with Gasteiger partial charge in [0.15, 0.2) is 0 Å². The summed E-state index contributed by atoms with van der Waals surface area (Å²) >= 11 is 0. The molecule has 0 saturated carbocycles. The van der Waals surface area contributed by atoms with Gasteiger partial charge >= 0.3 is 0 Å². The molecule has 0 spiro atoms. The zero-order chi connectivity index (χ0) is 17.4. The minimum atomic E-state index is -0.00165. The van der Waals surface area contributed by atoms with Crippen LogP contribution >= 0.6 is 0 Å². The van der Waals surface area contributed by atoms with E-state index in [4.69, 9.17) is 14.2 Å². The third-order valence-electron chi connectivity index (χ3n) is 3.69. The summed E-state index contributed by atoms with van der Waals surface area (Å²) in [5.74, 6) is 2.18. The van der Waals surface area contributed by atoms with E-state index in [0.29, 0.717) is 24.7 Å². The molecule has 0 saturated heterocycles. The minimum Gasteiger partial charge on any atom is -0.497 e. The number of hydrogen-bond donors (Lipinski definition) is 0. The number of benzene rings is 2. The van der Waals surface area contributed by atoms with E-state index in [1.807, 2.05) is 42.5 Å². The lowest BCUT2D eigenvalue weighted by molar-refractivity contribution is -0.129. The number of methoxy groups -OCH3 is 2. The number of nitrogens with zero attached hydrogens (tertiary/aromatic N) is 1. The highest BCUT2D eigenvalue weighted by molar-refractivity contribution is 5.79. The maximum atomic E-state index is 12.4. The average molecular weight is 329 g/mol. The first-order valence-electron chi connectivity index (χ1n) is 7.76. The highest BCUT2D eigenvalue weighted by Crippen LogP contribution is 2.24. The minimum absolute atomic E-state index is 0.00165. The first-order chi connectivity index (χ1) is 11.6. The highest BCUT2D eigenvalue weighted by atomic mass is 16.5. The molecule has 2 rings (SSSR count). The van der Waals surface area contributed by atoms with Gasteiger partial charge in [0.2, 0.25) is 5.91 Å². The van der Waals surface area contributed by atoms with Crippen LogP contribution in [0.2, 0.25) is 0 Å². The molecule has 5 nitrogen and oxygen atoms in total. The van der Waals surface area contributed by atoms with Gasteiger partial charge in [-0.3, -0.25) is 4.79 Å². The van der Waals surface area contributed by atoms with Crippen LogP contribution in [0.25, 0.3) is 0 Å². The topological polar surface area (TPSA) is 48.0 Å². The van der Waals surface area contributed by atoms with Crippen LogP contribution in [-0.4, -0.2) is 45.2 Å². The SMILES string of the molecule is COc1ccc(OC)c(CC(=O)N(C)CCOc2ccccc2)c1. The third kappa shape index (κ3) is 4.91. The number of carbonyl (C=O) groups is 1. The Hall–Kier alpha value is -2.69. The molecule has 24 heavy (non-hydrogen) atoms. The first-order valence-corrected chi connectivity index (χ1v) is 7.76. The van der Waals surface area contributed by atoms with Crippen LogP contribution in [-0.2, 0) is 11.2 Å². The van der Waals surface area contributed by atoms with Crippen molar-refractivity contribution in [3.05, 3.63) is 54.1 Å². The molecule has 1 amide bonds. The van der Waals surface area contributed by atoms with Crippen molar-refractivity contribution >= 4 is 5.91 Å². The van der Waals surface area contributed by atoms with Gasteiger partial charge in [0.25, 0.3) is 0 Å². The standard InChI is InChI=1S/C19H23NO4/c1-20(11-12-24-16-7-5-4-6-8-16)19(21)14-15-13-17(22-2)9-10-18(15)23-3/h4-10,13H,11-12,14H2,1-3H3. The number of rotatable bonds is 8. The van der Waals surface area contributed by atoms with Crippen LogP contribution in [0.5, 0.6) is 17.2 Å². The Balaban J connectivity index is 1.89. The lowest BCUT2D eigenvalue weighted by atomic mass is 10.1. The molecule has 0 aromatic heterocycles. The molecule has 0 bridgehead atoms. The van der Waals surface area contributed by atoms with Crippen molar-refractivity contribution in [1.82, 2.24) is 4.90 Å². The quantitative estimate of drug-likeness (QED) is 0.747. The summed E-state index contributed by atoms with van der Waals surface area (Å²) in [4.78, 5) is 14.1. The van der Waals surface area contributed by atoms with Crippen molar-refractivity contribution in [1.29, 1.82) is 0 Å². The fourth-order valence-corrected chi connectivity index (χ4v) is 2.26. The van der Waals surface area contributed by atoms with Crippen LogP contribution in [0.4, 0.5) is 0 Å². The van der Waals surface area contributed by atoms with Gasteiger partial charge < -0.3 is 19.1 Å². The van der Waals surface area contributed by atoms with Crippen molar-refractivity contribution < 1.29 is 19.0 Å². The average Bonchev–Trinajstić information content (AvgIpc) is 2.62. The summed E-state index contributed by atoms with van der Waals surface area (Å²) in [6.07, 6.45) is 0.252. The van der Waals surface area contributed by atoms with Gasteiger partial charge in [-0.15, -0.1) is 0 Å². The number of para-hydroxylation sites is 1. The summed E-state index contributed by atoms with van der Waals surface area (Å²) in [5.41, 5.74) is 0.803. The molecular weight excluding hydrogens is 306 g/mol. The van der Waals surface area contributed by atoms with Crippen molar-refractivity contribution in [2.45, 2.75) is 6.42 Å². The summed E-state index contributed by atoms with van der Waals surface area (Å²) in [6.45, 7) is 0.960. The Bertz CT molecular complexity index is 658. The molecular formula is C19H23NO4. The second kappa shape index (κ2) is 8.82. The normalized spacial score (nSPS) is 10.1. The van der Waals surface area contributed by atoms with Crippen LogP contribution < -0.4 is 14.2 Å². The predicted octanol–water partition coefficient (Wildman–Crippen LogP) is 2.78. The molecule has 0 aliphatic carbocycles. The van der Waals surface area contributed by atoms with Gasteiger partial charge in [-0.1, -0.05) is 18.2 Å². The Kier molecular flexibility index (Phi) is 6.49. The molecule has 128 valence electrons. The molecule has 0 unspecified atom stereocenters. The molecule has 0 radical (unpaired) electrons. The molecule has 0 N–H and O–H groups in total. The van der Waals surface area contributed by atoms with Crippen molar-refractivity contribution in [2.75, 3.05) is 34.4 Å². The summed E-state index contributed by atoms with van der Waals surface area (Å²) in [7, 11) is 4.96. The molecule has 0 aliphatic heterocycles. The van der Waals surface area contributed by atoms with E-state index in [2.05, 4.69) is 0 Å². The van der Waals surface area contributed by atoms with Gasteiger partial charge in [-0.2, -0.15) is 0 Å². The Labute approximate surface area is 142 Å². The number of carbonyl (C=O) groups excluding carboxylic acids is 1. The molecule has 0 atom stereocenters. The van der Waals surface area contributed by atoms with Gasteiger partial charge in [-0.05, 0) is 30.3 Å². The Morgan fingerprint density at radius 2 is 1.75 bits per heavy atom. The maximum absolute atomic E-state index is 12.4. The zero-order valence-electron chi connectivity index (χ0n) is 14.3. The van der Waals surface area contributed by atoms with Crippen molar-refractivity contribution in [2.24, 2.45) is 0 Å². The smallest absolute Gasteiger partial charge is 0.226 e. The summed E-state index contributed by atoms with van der Waals surface area (Å²) in [6, 6.07) is 15.0. The molecule has 5 heteroatoms. The van der Waals surface area contributed by atoms with Gasteiger partial charge in [-0.25, -0.2) is 0 Å². The summed E-state index contributed by atoms with van der Waals surface area (Å²) < 4.78 is 16.1. The first kappa shape index (κ1) is 17.7. The lowest BCUT2D eigenvalue weighted by Gasteiger charge is -2.18. The van der Waals surface area contributed by atoms with E-state index in [0.717, 1.165) is 11.3 Å². The van der Waals surface area contributed by atoms with E-state index < -0.39 is 0 Å². The molecule has 0 aliphatic rings. The number of hydrogen-bond acceptors (Lipinski definition) is 4. The van der Waals surface area contributed by atoms with Crippen LogP contribution in [0.3, 0.4) is 0 Å². The van der Waals surface area contributed by atoms with E-state index in [1.165, 1.54) is 0 Å². The third-order valence-corrected chi connectivity index (χ3v) is 3.69. The molecule has 0 fully saturated rings. The van der Waals surface area contributed by atoms with Crippen LogP contribution in [0.1, 0.15) is 5.56 Å². The van der Waals surface area contributed by atoms with E-state index in [-0.39, 0.29) is 12.3 Å². The van der Waals surface area contributed by atoms with E-state index >= 15 is 0 Å². The maximum Gasteiger partial charge on any atom is 0.226 e. The van der Waals surface area contributed by atoms with Gasteiger partial charge in [0, 0.05) is 12.6 Å². The fourth-order valence-electron chi connectivity index (χ4n) is 2.26. The predicted molar refractivity (Wildman–Crippen MR) is 92.8 cm³/mol. The molecule has 0 heterocycles. The Morgan fingerprint density at radius 3 is 2.42 bits per heavy atom. The lowest BCUT2D eigenvalue weighted by Crippen LogP contribution is -2.32. The Morgan fingerprint density at radius 1 is 1.00 bits per heavy atom. The number of amides is 1.